The van der Waals surface area contributed by atoms with Gasteiger partial charge in [-0.3, -0.25) is 4.79 Å². The first kappa shape index (κ1) is 18.1. The van der Waals surface area contributed by atoms with Gasteiger partial charge in [-0.15, -0.1) is 0 Å². The molecule has 0 spiro atoms. The molecule has 26 heavy (non-hydrogen) atoms. The van der Waals surface area contributed by atoms with Gasteiger partial charge in [-0.05, 0) is 38.8 Å². The van der Waals surface area contributed by atoms with Crippen molar-refractivity contribution >= 4 is 16.9 Å². The average molecular weight is 350 g/mol. The average Bonchev–Trinajstić information content (AvgIpc) is 3.06. The third-order valence-corrected chi connectivity index (χ3v) is 4.44. The Balaban J connectivity index is 1.86. The molecule has 5 nitrogen and oxygen atoms in total. The van der Waals surface area contributed by atoms with Crippen molar-refractivity contribution in [1.82, 2.24) is 19.7 Å². The Morgan fingerprint density at radius 1 is 1.19 bits per heavy atom. The van der Waals surface area contributed by atoms with Gasteiger partial charge in [0.2, 0.25) is 0 Å². The van der Waals surface area contributed by atoms with Crippen LogP contribution in [0.5, 0.6) is 0 Å². The van der Waals surface area contributed by atoms with Gasteiger partial charge < -0.3 is 4.90 Å². The largest absolute Gasteiger partial charge is 0.334 e. The molecule has 2 heterocycles. The molecule has 5 heteroatoms. The Bertz CT molecular complexity index is 896. The number of fused-ring (bicyclic) bond motifs is 1. The molecule has 1 aromatic carbocycles. The van der Waals surface area contributed by atoms with Gasteiger partial charge in [-0.1, -0.05) is 36.8 Å². The highest BCUT2D eigenvalue weighted by Crippen LogP contribution is 2.18. The molecular weight excluding hydrogens is 324 g/mol. The number of hydrogen-bond acceptors (Lipinski definition) is 3. The first-order valence-corrected chi connectivity index (χ1v) is 9.17. The summed E-state index contributed by atoms with van der Waals surface area (Å²) in [5.41, 5.74) is 3.79. The van der Waals surface area contributed by atoms with Crippen LogP contribution in [0.1, 0.15) is 54.7 Å². The molecular formula is C21H26N4O. The maximum atomic E-state index is 13.0. The fourth-order valence-electron chi connectivity index (χ4n) is 3.05. The minimum Gasteiger partial charge on any atom is -0.334 e. The van der Waals surface area contributed by atoms with Crippen molar-refractivity contribution in [2.24, 2.45) is 0 Å². The maximum absolute atomic E-state index is 13.0. The molecule has 3 rings (SSSR count). The van der Waals surface area contributed by atoms with Crippen LogP contribution in [0.15, 0.2) is 42.7 Å². The van der Waals surface area contributed by atoms with Crippen LogP contribution in [0.3, 0.4) is 0 Å². The van der Waals surface area contributed by atoms with Crippen molar-refractivity contribution in [1.29, 1.82) is 0 Å². The molecule has 136 valence electrons. The predicted octanol–water partition coefficient (Wildman–Crippen LogP) is 4.37. The lowest BCUT2D eigenvalue weighted by atomic mass is 10.1. The molecule has 0 fully saturated rings. The zero-order chi connectivity index (χ0) is 18.7. The molecule has 0 unspecified atom stereocenters. The quantitative estimate of drug-likeness (QED) is 0.663. The number of carbonyl (C=O) groups is 1. The van der Waals surface area contributed by atoms with E-state index in [9.17, 15) is 4.79 Å². The lowest BCUT2D eigenvalue weighted by Gasteiger charge is -2.22. The number of benzene rings is 1. The van der Waals surface area contributed by atoms with Crippen LogP contribution in [-0.2, 0) is 6.54 Å². The SMILES string of the molecule is CCCN(Cc1ccc(C)cc1)C(=O)c1cnc2c(cnn2C(C)C)c1. The number of amides is 1. The molecule has 2 aromatic heterocycles. The molecule has 0 aliphatic carbocycles. The summed E-state index contributed by atoms with van der Waals surface area (Å²) in [5.74, 6) is 0.0131. The van der Waals surface area contributed by atoms with Crippen LogP contribution >= 0.6 is 0 Å². The summed E-state index contributed by atoms with van der Waals surface area (Å²) < 4.78 is 1.87. The van der Waals surface area contributed by atoms with Crippen molar-refractivity contribution in [2.75, 3.05) is 6.54 Å². The Morgan fingerprint density at radius 3 is 2.58 bits per heavy atom. The van der Waals surface area contributed by atoms with Gasteiger partial charge in [-0.2, -0.15) is 5.10 Å². The number of rotatable bonds is 6. The molecule has 3 aromatic rings. The summed E-state index contributed by atoms with van der Waals surface area (Å²) in [4.78, 5) is 19.4. The number of pyridine rings is 1. The van der Waals surface area contributed by atoms with E-state index in [2.05, 4.69) is 62.0 Å². The predicted molar refractivity (Wildman–Crippen MR) is 104 cm³/mol. The Labute approximate surface area is 154 Å². The van der Waals surface area contributed by atoms with Crippen LogP contribution in [-0.4, -0.2) is 32.1 Å². The second kappa shape index (κ2) is 7.68. The van der Waals surface area contributed by atoms with E-state index in [-0.39, 0.29) is 11.9 Å². The lowest BCUT2D eigenvalue weighted by molar-refractivity contribution is 0.0743. The Hall–Kier alpha value is -2.69. The number of aryl methyl sites for hydroxylation is 1. The summed E-state index contributed by atoms with van der Waals surface area (Å²) in [7, 11) is 0. The molecule has 0 bridgehead atoms. The fraction of sp³-hybridized carbons (Fsp3) is 0.381. The Morgan fingerprint density at radius 2 is 1.92 bits per heavy atom. The van der Waals surface area contributed by atoms with Crippen molar-refractivity contribution in [3.8, 4) is 0 Å². The molecule has 0 atom stereocenters. The molecule has 0 saturated carbocycles. The van der Waals surface area contributed by atoms with E-state index in [4.69, 9.17) is 0 Å². The second-order valence-electron chi connectivity index (χ2n) is 7.03. The topological polar surface area (TPSA) is 51.0 Å². The van der Waals surface area contributed by atoms with Crippen LogP contribution in [0.4, 0.5) is 0 Å². The zero-order valence-electron chi connectivity index (χ0n) is 15.9. The van der Waals surface area contributed by atoms with Gasteiger partial charge in [0.15, 0.2) is 5.65 Å². The number of hydrogen-bond donors (Lipinski definition) is 0. The molecule has 0 aliphatic rings. The summed E-state index contributed by atoms with van der Waals surface area (Å²) in [5, 5.41) is 5.28. The highest BCUT2D eigenvalue weighted by Gasteiger charge is 2.18. The summed E-state index contributed by atoms with van der Waals surface area (Å²) in [6.07, 6.45) is 4.37. The van der Waals surface area contributed by atoms with Crippen molar-refractivity contribution in [3.63, 3.8) is 0 Å². The first-order valence-electron chi connectivity index (χ1n) is 9.17. The lowest BCUT2D eigenvalue weighted by Crippen LogP contribution is -2.31. The summed E-state index contributed by atoms with van der Waals surface area (Å²) in [6.45, 7) is 9.61. The van der Waals surface area contributed by atoms with E-state index >= 15 is 0 Å². The van der Waals surface area contributed by atoms with Crippen molar-refractivity contribution in [3.05, 3.63) is 59.4 Å². The highest BCUT2D eigenvalue weighted by molar-refractivity contribution is 5.96. The molecule has 0 saturated heterocycles. The van der Waals surface area contributed by atoms with Gasteiger partial charge in [0, 0.05) is 30.7 Å². The number of aromatic nitrogens is 3. The van der Waals surface area contributed by atoms with Gasteiger partial charge in [-0.25, -0.2) is 9.67 Å². The smallest absolute Gasteiger partial charge is 0.255 e. The van der Waals surface area contributed by atoms with Crippen LogP contribution in [0.2, 0.25) is 0 Å². The highest BCUT2D eigenvalue weighted by atomic mass is 16.2. The standard InChI is InChI=1S/C21H26N4O/c1-5-10-24(14-17-8-6-16(4)7-9-17)21(26)19-11-18-13-23-25(15(2)3)20(18)22-12-19/h6-9,11-13,15H,5,10,14H2,1-4H3. The van der Waals surface area contributed by atoms with Crippen LogP contribution in [0, 0.1) is 6.92 Å². The summed E-state index contributed by atoms with van der Waals surface area (Å²) in [6, 6.07) is 10.5. The third-order valence-electron chi connectivity index (χ3n) is 4.44. The van der Waals surface area contributed by atoms with Gasteiger partial charge >= 0.3 is 0 Å². The second-order valence-corrected chi connectivity index (χ2v) is 7.03. The fourth-order valence-corrected chi connectivity index (χ4v) is 3.05. The maximum Gasteiger partial charge on any atom is 0.255 e. The molecule has 1 amide bonds. The number of carbonyl (C=O) groups excluding carboxylic acids is 1. The molecule has 0 aliphatic heterocycles. The normalized spacial score (nSPS) is 11.3. The van der Waals surface area contributed by atoms with E-state index in [0.29, 0.717) is 12.1 Å². The van der Waals surface area contributed by atoms with Gasteiger partial charge in [0.1, 0.15) is 0 Å². The zero-order valence-corrected chi connectivity index (χ0v) is 15.9. The van der Waals surface area contributed by atoms with E-state index < -0.39 is 0 Å². The van der Waals surface area contributed by atoms with Gasteiger partial charge in [0.05, 0.1) is 11.8 Å². The minimum absolute atomic E-state index is 0.0131. The van der Waals surface area contributed by atoms with E-state index in [1.807, 2.05) is 15.6 Å². The summed E-state index contributed by atoms with van der Waals surface area (Å²) >= 11 is 0. The van der Waals surface area contributed by atoms with E-state index in [0.717, 1.165) is 29.6 Å². The minimum atomic E-state index is 0.0131. The van der Waals surface area contributed by atoms with Gasteiger partial charge in [0.25, 0.3) is 5.91 Å². The molecule has 0 N–H and O–H groups in total. The van der Waals surface area contributed by atoms with Crippen LogP contribution < -0.4 is 0 Å². The van der Waals surface area contributed by atoms with E-state index in [1.165, 1.54) is 5.56 Å². The van der Waals surface area contributed by atoms with Crippen molar-refractivity contribution in [2.45, 2.75) is 46.7 Å². The molecule has 0 radical (unpaired) electrons. The third kappa shape index (κ3) is 3.77. The van der Waals surface area contributed by atoms with Crippen LogP contribution in [0.25, 0.3) is 11.0 Å². The first-order chi connectivity index (χ1) is 12.5. The monoisotopic (exact) mass is 350 g/mol. The Kier molecular flexibility index (Phi) is 5.35. The van der Waals surface area contributed by atoms with E-state index in [1.54, 1.807) is 12.4 Å². The van der Waals surface area contributed by atoms with Crippen molar-refractivity contribution < 1.29 is 4.79 Å². The number of nitrogens with zero attached hydrogens (tertiary/aromatic N) is 4.